The van der Waals surface area contributed by atoms with E-state index in [2.05, 4.69) is 15.0 Å². The van der Waals surface area contributed by atoms with Crippen LogP contribution in [0.1, 0.15) is 35.8 Å². The van der Waals surface area contributed by atoms with Crippen molar-refractivity contribution in [2.24, 2.45) is 0 Å². The van der Waals surface area contributed by atoms with Gasteiger partial charge >= 0.3 is 0 Å². The molecule has 1 saturated carbocycles. The quantitative estimate of drug-likeness (QED) is 0.570. The first-order chi connectivity index (χ1) is 13.8. The van der Waals surface area contributed by atoms with Crippen LogP contribution in [-0.4, -0.2) is 28.0 Å². The van der Waals surface area contributed by atoms with E-state index in [9.17, 15) is 8.78 Å². The highest BCUT2D eigenvalue weighted by molar-refractivity contribution is 6.32. The molecule has 0 bridgehead atoms. The van der Waals surface area contributed by atoms with E-state index in [-0.39, 0.29) is 18.8 Å². The average molecular weight is 420 g/mol. The number of aromatic nitrogens is 3. The van der Waals surface area contributed by atoms with Crippen LogP contribution >= 0.6 is 11.6 Å². The third-order valence-electron chi connectivity index (χ3n) is 4.94. The Morgan fingerprint density at radius 3 is 2.69 bits per heavy atom. The number of nitrogens with zero attached hydrogens (tertiary/aromatic N) is 2. The summed E-state index contributed by atoms with van der Waals surface area (Å²) in [6.07, 6.45) is 1.36. The Morgan fingerprint density at radius 2 is 2.03 bits per heavy atom. The molecule has 0 aliphatic heterocycles. The van der Waals surface area contributed by atoms with Crippen LogP contribution in [-0.2, 0) is 6.61 Å². The zero-order valence-electron chi connectivity index (χ0n) is 16.0. The standard InChI is InChI=1S/C21H20ClF2N3O2/c1-12-3-4-14(25-10-12)11-29-15-5-6-16(17(7-15)28-2)18-19(22)27-20(26-18)13-8-21(23,24)9-13/h3-7,10,13H,8-9,11H2,1-2H3,(H,26,27). The fourth-order valence-electron chi connectivity index (χ4n) is 3.29. The number of benzene rings is 1. The number of alkyl halides is 2. The maximum Gasteiger partial charge on any atom is 0.249 e. The number of methoxy groups -OCH3 is 1. The van der Waals surface area contributed by atoms with Crippen LogP contribution in [0.4, 0.5) is 8.78 Å². The molecule has 4 rings (SSSR count). The number of nitrogens with one attached hydrogen (secondary N) is 1. The van der Waals surface area contributed by atoms with Crippen LogP contribution in [0.25, 0.3) is 11.3 Å². The largest absolute Gasteiger partial charge is 0.496 e. The van der Waals surface area contributed by atoms with E-state index in [1.807, 2.05) is 19.1 Å². The van der Waals surface area contributed by atoms with E-state index in [0.717, 1.165) is 11.3 Å². The second kappa shape index (κ2) is 7.63. The van der Waals surface area contributed by atoms with Crippen molar-refractivity contribution in [2.75, 3.05) is 7.11 Å². The van der Waals surface area contributed by atoms with Gasteiger partial charge in [-0.1, -0.05) is 17.7 Å². The molecule has 1 N–H and O–H groups in total. The van der Waals surface area contributed by atoms with Crippen molar-refractivity contribution in [2.45, 2.75) is 38.2 Å². The van der Waals surface area contributed by atoms with Crippen molar-refractivity contribution >= 4 is 11.6 Å². The number of hydrogen-bond acceptors (Lipinski definition) is 4. The van der Waals surface area contributed by atoms with Gasteiger partial charge in [0.1, 0.15) is 34.8 Å². The molecule has 0 radical (unpaired) electrons. The van der Waals surface area contributed by atoms with Gasteiger partial charge in [0.05, 0.1) is 12.8 Å². The Morgan fingerprint density at radius 1 is 1.24 bits per heavy atom. The molecule has 1 aliphatic rings. The predicted octanol–water partition coefficient (Wildman–Crippen LogP) is 5.53. The number of imidazole rings is 1. The fourth-order valence-corrected chi connectivity index (χ4v) is 3.53. The maximum absolute atomic E-state index is 13.2. The molecule has 0 amide bonds. The van der Waals surface area contributed by atoms with Gasteiger partial charge in [0, 0.05) is 36.6 Å². The van der Waals surface area contributed by atoms with Crippen molar-refractivity contribution in [1.29, 1.82) is 0 Å². The maximum atomic E-state index is 13.2. The number of rotatable bonds is 6. The summed E-state index contributed by atoms with van der Waals surface area (Å²) in [6, 6.07) is 9.21. The van der Waals surface area contributed by atoms with Gasteiger partial charge < -0.3 is 14.5 Å². The van der Waals surface area contributed by atoms with Crippen LogP contribution in [0.2, 0.25) is 5.15 Å². The number of H-pyrrole nitrogens is 1. The molecule has 0 saturated heterocycles. The minimum absolute atomic E-state index is 0.215. The normalized spacial score (nSPS) is 15.8. The topological polar surface area (TPSA) is 60.0 Å². The molecule has 1 fully saturated rings. The number of hydrogen-bond donors (Lipinski definition) is 1. The van der Waals surface area contributed by atoms with E-state index in [1.54, 1.807) is 24.4 Å². The van der Waals surface area contributed by atoms with Crippen molar-refractivity contribution < 1.29 is 18.3 Å². The summed E-state index contributed by atoms with van der Waals surface area (Å²) in [5.74, 6) is -1.32. The lowest BCUT2D eigenvalue weighted by molar-refractivity contribution is -0.0883. The number of aromatic amines is 1. The summed E-state index contributed by atoms with van der Waals surface area (Å²) in [7, 11) is 1.54. The lowest BCUT2D eigenvalue weighted by Gasteiger charge is -2.33. The minimum Gasteiger partial charge on any atom is -0.496 e. The lowest BCUT2D eigenvalue weighted by Crippen LogP contribution is -2.34. The smallest absolute Gasteiger partial charge is 0.249 e. The van der Waals surface area contributed by atoms with Crippen molar-refractivity contribution in [3.05, 3.63) is 58.8 Å². The Hall–Kier alpha value is -2.67. The molecule has 2 heterocycles. The van der Waals surface area contributed by atoms with Crippen LogP contribution in [0.5, 0.6) is 11.5 Å². The van der Waals surface area contributed by atoms with E-state index >= 15 is 0 Å². The molecule has 3 aromatic rings. The molecule has 5 nitrogen and oxygen atoms in total. The van der Waals surface area contributed by atoms with Crippen LogP contribution < -0.4 is 9.47 Å². The van der Waals surface area contributed by atoms with Crippen molar-refractivity contribution in [1.82, 2.24) is 15.0 Å². The van der Waals surface area contributed by atoms with Gasteiger partial charge in [-0.25, -0.2) is 13.8 Å². The highest BCUT2D eigenvalue weighted by atomic mass is 35.5. The van der Waals surface area contributed by atoms with Gasteiger partial charge in [0.15, 0.2) is 0 Å². The molecule has 1 aliphatic carbocycles. The Balaban J connectivity index is 1.52. The number of pyridine rings is 1. The van der Waals surface area contributed by atoms with Gasteiger partial charge in [-0.15, -0.1) is 0 Å². The summed E-state index contributed by atoms with van der Waals surface area (Å²) >= 11 is 6.30. The van der Waals surface area contributed by atoms with Gasteiger partial charge in [0.25, 0.3) is 0 Å². The fraction of sp³-hybridized carbons (Fsp3) is 0.333. The van der Waals surface area contributed by atoms with E-state index < -0.39 is 5.92 Å². The highest BCUT2D eigenvalue weighted by Gasteiger charge is 2.47. The average Bonchev–Trinajstić information content (AvgIpc) is 3.06. The molecule has 29 heavy (non-hydrogen) atoms. The summed E-state index contributed by atoms with van der Waals surface area (Å²) in [6.45, 7) is 2.30. The molecular weight excluding hydrogens is 400 g/mol. The van der Waals surface area contributed by atoms with Gasteiger partial charge in [-0.3, -0.25) is 4.98 Å². The predicted molar refractivity (Wildman–Crippen MR) is 106 cm³/mol. The zero-order valence-corrected chi connectivity index (χ0v) is 16.8. The molecule has 8 heteroatoms. The summed E-state index contributed by atoms with van der Waals surface area (Å²) in [5, 5.41) is 0.297. The zero-order chi connectivity index (χ0) is 20.6. The molecule has 152 valence electrons. The Labute approximate surface area is 172 Å². The summed E-state index contributed by atoms with van der Waals surface area (Å²) in [4.78, 5) is 11.7. The number of halogens is 3. The second-order valence-electron chi connectivity index (χ2n) is 7.22. The first-order valence-electron chi connectivity index (χ1n) is 9.20. The molecule has 0 unspecified atom stereocenters. The highest BCUT2D eigenvalue weighted by Crippen LogP contribution is 2.48. The number of aryl methyl sites for hydroxylation is 1. The summed E-state index contributed by atoms with van der Waals surface area (Å²) < 4.78 is 37.6. The van der Waals surface area contributed by atoms with E-state index in [0.29, 0.717) is 40.3 Å². The molecular formula is C21H20ClF2N3O2. The van der Waals surface area contributed by atoms with E-state index in [4.69, 9.17) is 21.1 Å². The van der Waals surface area contributed by atoms with Crippen LogP contribution in [0.3, 0.4) is 0 Å². The molecule has 2 aromatic heterocycles. The number of ether oxygens (including phenoxy) is 2. The van der Waals surface area contributed by atoms with E-state index in [1.165, 1.54) is 7.11 Å². The third-order valence-corrected chi connectivity index (χ3v) is 5.22. The third kappa shape index (κ3) is 4.19. The van der Waals surface area contributed by atoms with Crippen molar-refractivity contribution in [3.8, 4) is 22.8 Å². The van der Waals surface area contributed by atoms with Crippen LogP contribution in [0, 0.1) is 6.92 Å². The SMILES string of the molecule is COc1cc(OCc2ccc(C)cn2)ccc1-c1nc(C2CC(F)(F)C2)[nH]c1Cl. The monoisotopic (exact) mass is 419 g/mol. The molecule has 1 aromatic carbocycles. The van der Waals surface area contributed by atoms with Gasteiger partial charge in [0.2, 0.25) is 5.92 Å². The van der Waals surface area contributed by atoms with Gasteiger partial charge in [-0.2, -0.15) is 0 Å². The lowest BCUT2D eigenvalue weighted by atomic mass is 9.81. The minimum atomic E-state index is -2.62. The first-order valence-corrected chi connectivity index (χ1v) is 9.58. The van der Waals surface area contributed by atoms with Crippen molar-refractivity contribution in [3.63, 3.8) is 0 Å². The Bertz CT molecular complexity index is 1010. The van der Waals surface area contributed by atoms with Gasteiger partial charge in [-0.05, 0) is 30.7 Å². The Kier molecular flexibility index (Phi) is 5.17. The molecule has 0 atom stereocenters. The second-order valence-corrected chi connectivity index (χ2v) is 7.60. The van der Waals surface area contributed by atoms with Crippen LogP contribution in [0.15, 0.2) is 36.5 Å². The molecule has 0 spiro atoms. The summed E-state index contributed by atoms with van der Waals surface area (Å²) in [5.41, 5.74) is 3.03. The first kappa shape index (κ1) is 19.6.